The van der Waals surface area contributed by atoms with Gasteiger partial charge in [-0.25, -0.2) is 0 Å². The van der Waals surface area contributed by atoms with Crippen LogP contribution < -0.4 is 10.2 Å². The van der Waals surface area contributed by atoms with Gasteiger partial charge in [0, 0.05) is 5.71 Å². The van der Waals surface area contributed by atoms with Gasteiger partial charge in [0.2, 0.25) is 0 Å². The molecule has 129 valence electrons. The molecule has 2 N–H and O–H groups in total. The largest absolute Gasteiger partial charge is 2.00 e. The SMILES string of the molecule is O.[Co+2].[O-]c1ccc(N=C(c2ccccc2)C([O-])c2ccccc2)cc1. The summed E-state index contributed by atoms with van der Waals surface area (Å²) in [5, 5.41) is 24.1. The van der Waals surface area contributed by atoms with Crippen molar-refractivity contribution in [3.63, 3.8) is 0 Å². The summed E-state index contributed by atoms with van der Waals surface area (Å²) in [6.07, 6.45) is -1.09. The van der Waals surface area contributed by atoms with E-state index in [0.717, 1.165) is 5.56 Å². The third-order valence-corrected chi connectivity index (χ3v) is 3.51. The normalized spacial score (nSPS) is 11.8. The minimum Gasteiger partial charge on any atom is -0.872 e. The van der Waals surface area contributed by atoms with Crippen LogP contribution in [0.15, 0.2) is 89.9 Å². The van der Waals surface area contributed by atoms with Gasteiger partial charge in [0.05, 0.1) is 5.69 Å². The van der Waals surface area contributed by atoms with E-state index in [9.17, 15) is 10.2 Å². The van der Waals surface area contributed by atoms with Crippen molar-refractivity contribution in [3.8, 4) is 5.75 Å². The number of rotatable bonds is 4. The molecule has 0 spiro atoms. The van der Waals surface area contributed by atoms with E-state index in [0.29, 0.717) is 17.0 Å². The van der Waals surface area contributed by atoms with Crippen LogP contribution in [0.25, 0.3) is 0 Å². The van der Waals surface area contributed by atoms with Crippen LogP contribution in [0.2, 0.25) is 0 Å². The summed E-state index contributed by atoms with van der Waals surface area (Å²) in [6, 6.07) is 24.7. The number of hydrogen-bond acceptors (Lipinski definition) is 3. The third kappa shape index (κ3) is 5.27. The van der Waals surface area contributed by atoms with Crippen LogP contribution in [-0.4, -0.2) is 11.2 Å². The number of nitrogens with zero attached hydrogens (tertiary/aromatic N) is 1. The molecule has 0 amide bonds. The van der Waals surface area contributed by atoms with Gasteiger partial charge >= 0.3 is 16.8 Å². The summed E-state index contributed by atoms with van der Waals surface area (Å²) in [6.45, 7) is 0. The molecule has 0 aliphatic heterocycles. The molecule has 0 saturated heterocycles. The molecule has 0 bridgehead atoms. The number of benzene rings is 3. The van der Waals surface area contributed by atoms with Crippen LogP contribution in [-0.2, 0) is 16.8 Å². The molecular weight excluding hydrogens is 361 g/mol. The van der Waals surface area contributed by atoms with Crippen molar-refractivity contribution in [2.75, 3.05) is 0 Å². The van der Waals surface area contributed by atoms with Crippen LogP contribution in [0.1, 0.15) is 17.2 Å². The van der Waals surface area contributed by atoms with Crippen molar-refractivity contribution in [2.24, 2.45) is 4.99 Å². The molecule has 25 heavy (non-hydrogen) atoms. The first-order valence-corrected chi connectivity index (χ1v) is 7.36. The third-order valence-electron chi connectivity index (χ3n) is 3.51. The molecule has 3 aromatic carbocycles. The zero-order valence-electron chi connectivity index (χ0n) is 13.3. The molecule has 0 saturated carbocycles. The molecule has 3 rings (SSSR count). The topological polar surface area (TPSA) is 90.0 Å². The number of aliphatic imine (C=N–C) groups is 1. The molecule has 0 aliphatic carbocycles. The summed E-state index contributed by atoms with van der Waals surface area (Å²) >= 11 is 0. The van der Waals surface area contributed by atoms with Gasteiger partial charge in [-0.3, -0.25) is 4.99 Å². The fourth-order valence-electron chi connectivity index (χ4n) is 2.33. The minimum atomic E-state index is -1.09. The van der Waals surface area contributed by atoms with E-state index in [-0.39, 0.29) is 28.0 Å². The van der Waals surface area contributed by atoms with Crippen LogP contribution in [0, 0.1) is 0 Å². The summed E-state index contributed by atoms with van der Waals surface area (Å²) in [5.41, 5.74) is 2.48. The molecule has 5 heteroatoms. The van der Waals surface area contributed by atoms with Crippen molar-refractivity contribution >= 4 is 11.4 Å². The van der Waals surface area contributed by atoms with E-state index in [1.54, 1.807) is 24.3 Å². The predicted octanol–water partition coefficient (Wildman–Crippen LogP) is 2.16. The Morgan fingerprint density at radius 2 is 1.28 bits per heavy atom. The van der Waals surface area contributed by atoms with Crippen molar-refractivity contribution < 1.29 is 32.5 Å². The predicted molar refractivity (Wildman–Crippen MR) is 91.3 cm³/mol. The smallest absolute Gasteiger partial charge is 0.872 e. The number of hydrogen-bond donors (Lipinski definition) is 0. The van der Waals surface area contributed by atoms with Crippen molar-refractivity contribution in [1.29, 1.82) is 0 Å². The maximum atomic E-state index is 12.9. The standard InChI is InChI=1S/C20H16NO2.Co.H2O/c22-18-13-11-17(12-14-18)21-19(15-7-3-1-4-8-15)20(23)16-9-5-2-6-10-16;;/h1-14,20,22H;;1H2/q-1;+2;/p-1. The summed E-state index contributed by atoms with van der Waals surface area (Å²) in [4.78, 5) is 4.51. The first-order valence-electron chi connectivity index (χ1n) is 7.36. The summed E-state index contributed by atoms with van der Waals surface area (Å²) < 4.78 is 0. The fourth-order valence-corrected chi connectivity index (χ4v) is 2.33. The Bertz CT molecular complexity index is 790. The zero-order valence-corrected chi connectivity index (χ0v) is 14.3. The van der Waals surface area contributed by atoms with Gasteiger partial charge in [-0.2, -0.15) is 0 Å². The minimum absolute atomic E-state index is 0. The van der Waals surface area contributed by atoms with Gasteiger partial charge in [-0.05, 0) is 17.7 Å². The second-order valence-electron chi connectivity index (χ2n) is 5.15. The quantitative estimate of drug-likeness (QED) is 0.651. The molecule has 1 unspecified atom stereocenters. The summed E-state index contributed by atoms with van der Waals surface area (Å²) in [7, 11) is 0. The van der Waals surface area contributed by atoms with Crippen molar-refractivity contribution in [2.45, 2.75) is 6.10 Å². The van der Waals surface area contributed by atoms with E-state index in [2.05, 4.69) is 4.99 Å². The van der Waals surface area contributed by atoms with Crippen LogP contribution in [0.4, 0.5) is 5.69 Å². The van der Waals surface area contributed by atoms with Crippen LogP contribution >= 0.6 is 0 Å². The zero-order chi connectivity index (χ0) is 16.1. The van der Waals surface area contributed by atoms with Gasteiger partial charge < -0.3 is 15.7 Å². The Labute approximate surface area is 157 Å². The Morgan fingerprint density at radius 3 is 1.84 bits per heavy atom. The first kappa shape index (κ1) is 20.6. The molecule has 3 aromatic rings. The first-order chi connectivity index (χ1) is 11.2. The van der Waals surface area contributed by atoms with Gasteiger partial charge in [0.25, 0.3) is 0 Å². The van der Waals surface area contributed by atoms with Gasteiger partial charge in [-0.1, -0.05) is 84.5 Å². The average molecular weight is 378 g/mol. The second-order valence-corrected chi connectivity index (χ2v) is 5.15. The molecule has 0 fully saturated rings. The van der Waals surface area contributed by atoms with Gasteiger partial charge in [0.15, 0.2) is 0 Å². The summed E-state index contributed by atoms with van der Waals surface area (Å²) in [5.74, 6) is -0.0769. The van der Waals surface area contributed by atoms with E-state index >= 15 is 0 Å². The molecule has 1 atom stereocenters. The Balaban J connectivity index is 0.00000156. The van der Waals surface area contributed by atoms with E-state index in [4.69, 9.17) is 0 Å². The van der Waals surface area contributed by atoms with Crippen molar-refractivity contribution in [1.82, 2.24) is 0 Å². The molecule has 0 heterocycles. The van der Waals surface area contributed by atoms with Crippen LogP contribution in [0.5, 0.6) is 5.75 Å². The van der Waals surface area contributed by atoms with Gasteiger partial charge in [0.1, 0.15) is 0 Å². The van der Waals surface area contributed by atoms with E-state index < -0.39 is 6.10 Å². The molecule has 0 aliphatic rings. The Morgan fingerprint density at radius 1 is 0.760 bits per heavy atom. The van der Waals surface area contributed by atoms with Gasteiger partial charge in [-0.15, -0.1) is 5.75 Å². The second kappa shape index (κ2) is 9.76. The molecule has 4 nitrogen and oxygen atoms in total. The molecule has 0 aromatic heterocycles. The molecular formula is C20H17CoNO3. The molecule has 1 radical (unpaired) electrons. The maximum absolute atomic E-state index is 12.9. The van der Waals surface area contributed by atoms with E-state index in [1.807, 2.05) is 48.5 Å². The fraction of sp³-hybridized carbons (Fsp3) is 0.0500. The van der Waals surface area contributed by atoms with E-state index in [1.165, 1.54) is 12.1 Å². The maximum Gasteiger partial charge on any atom is 2.00 e. The Kier molecular flexibility index (Phi) is 8.04. The van der Waals surface area contributed by atoms with Crippen LogP contribution in [0.3, 0.4) is 0 Å². The monoisotopic (exact) mass is 378 g/mol. The van der Waals surface area contributed by atoms with Crippen molar-refractivity contribution in [3.05, 3.63) is 96.1 Å². The Hall–Kier alpha value is -2.44. The average Bonchev–Trinajstić information content (AvgIpc) is 2.62.